The Labute approximate surface area is 287 Å². The Morgan fingerprint density at radius 3 is 2.25 bits per heavy atom. The molecule has 0 aliphatic heterocycles. The summed E-state index contributed by atoms with van der Waals surface area (Å²) < 4.78 is 85.9. The van der Waals surface area contributed by atoms with Gasteiger partial charge in [0, 0.05) is 0 Å². The molecular weight excluding hydrogens is 661 g/mol. The molecule has 4 fully saturated rings. The third-order valence-corrected chi connectivity index (χ3v) is 13.9. The number of aliphatic hydroxyl groups is 1. The van der Waals surface area contributed by atoms with Crippen LogP contribution in [0.1, 0.15) is 97.5 Å². The Bertz CT molecular complexity index is 1420. The van der Waals surface area contributed by atoms with Crippen molar-refractivity contribution < 1.29 is 48.9 Å². The lowest BCUT2D eigenvalue weighted by molar-refractivity contribution is -0.232. The van der Waals surface area contributed by atoms with Crippen molar-refractivity contribution in [2.24, 2.45) is 52.3 Å². The summed E-state index contributed by atoms with van der Waals surface area (Å²) in [6, 6.07) is 9.71. The fraction of sp³-hybridized carbons (Fsp3) is 0.829. The standard InChI is InChI=1S/C35H56O11S2/c1-23(20-45-47(37,38)39)9-8-10-24(2)26-13-14-27-32-28(15-17-34(26,27)3)35(4)18-16-31(46-48(40,41)42)33(29(35)19-30(32)36)44-22-43-21-25-11-6-5-7-12-25/h5-7,11-12,23-24,26-33,36H,8-10,13-22H2,1-4H3,(H,37,38,39)(H,40,41,42)/t23-,24-,26-,27+,28+,29+,30-,31-,32+,33-,34-,35-/m1/s1. The first-order valence-corrected chi connectivity index (χ1v) is 20.4. The van der Waals surface area contributed by atoms with Crippen molar-refractivity contribution in [2.75, 3.05) is 13.4 Å². The van der Waals surface area contributed by atoms with Crippen LogP contribution in [0.5, 0.6) is 0 Å². The summed E-state index contributed by atoms with van der Waals surface area (Å²) in [7, 11) is -9.13. The third-order valence-electron chi connectivity index (χ3n) is 13.0. The predicted molar refractivity (Wildman–Crippen MR) is 179 cm³/mol. The molecule has 0 spiro atoms. The average Bonchev–Trinajstić information content (AvgIpc) is 3.36. The van der Waals surface area contributed by atoms with Gasteiger partial charge in [-0.3, -0.25) is 9.11 Å². The van der Waals surface area contributed by atoms with E-state index in [1.807, 2.05) is 37.3 Å². The number of ether oxygens (including phenoxy) is 2. The topological polar surface area (TPSA) is 166 Å². The predicted octanol–water partition coefficient (Wildman–Crippen LogP) is 6.24. The van der Waals surface area contributed by atoms with Gasteiger partial charge in [-0.2, -0.15) is 16.8 Å². The van der Waals surface area contributed by atoms with E-state index < -0.39 is 39.1 Å². The highest BCUT2D eigenvalue weighted by Crippen LogP contribution is 2.68. The molecule has 0 aromatic heterocycles. The number of hydrogen-bond acceptors (Lipinski definition) is 9. The van der Waals surface area contributed by atoms with Crippen molar-refractivity contribution >= 4 is 20.8 Å². The first kappa shape index (κ1) is 38.1. The second-order valence-corrected chi connectivity index (χ2v) is 18.0. The second kappa shape index (κ2) is 15.2. The molecule has 1 aromatic rings. The van der Waals surface area contributed by atoms with Crippen LogP contribution in [0, 0.1) is 52.3 Å². The molecular formula is C35H56O11S2. The molecule has 0 heterocycles. The normalized spacial score (nSPS) is 38.1. The molecule has 4 saturated carbocycles. The van der Waals surface area contributed by atoms with E-state index >= 15 is 0 Å². The zero-order valence-electron chi connectivity index (χ0n) is 28.8. The maximum Gasteiger partial charge on any atom is 0.397 e. The van der Waals surface area contributed by atoms with E-state index in [1.165, 1.54) is 0 Å². The molecule has 4 aliphatic rings. The van der Waals surface area contributed by atoms with Gasteiger partial charge < -0.3 is 14.6 Å². The van der Waals surface area contributed by atoms with Gasteiger partial charge in [-0.1, -0.05) is 70.9 Å². The first-order chi connectivity index (χ1) is 22.5. The zero-order chi connectivity index (χ0) is 34.9. The van der Waals surface area contributed by atoms with Gasteiger partial charge in [0.15, 0.2) is 0 Å². The Morgan fingerprint density at radius 2 is 1.56 bits per heavy atom. The van der Waals surface area contributed by atoms with Crippen molar-refractivity contribution in [3.05, 3.63) is 35.9 Å². The van der Waals surface area contributed by atoms with Crippen molar-refractivity contribution in [2.45, 2.75) is 117 Å². The van der Waals surface area contributed by atoms with Crippen molar-refractivity contribution in [3.63, 3.8) is 0 Å². The lowest BCUT2D eigenvalue weighted by Crippen LogP contribution is -2.63. The van der Waals surface area contributed by atoms with Crippen LogP contribution in [0.15, 0.2) is 30.3 Å². The fourth-order valence-electron chi connectivity index (χ4n) is 10.8. The van der Waals surface area contributed by atoms with Gasteiger partial charge in [-0.05, 0) is 109 Å². The van der Waals surface area contributed by atoms with Crippen LogP contribution in [-0.4, -0.2) is 62.8 Å². The summed E-state index contributed by atoms with van der Waals surface area (Å²) in [6.07, 6.45) is 6.57. The second-order valence-electron chi connectivity index (χ2n) is 15.8. The van der Waals surface area contributed by atoms with Gasteiger partial charge in [-0.25, -0.2) is 8.37 Å². The Morgan fingerprint density at radius 1 is 0.875 bits per heavy atom. The summed E-state index contributed by atoms with van der Waals surface area (Å²) in [5.74, 6) is 1.66. The van der Waals surface area contributed by atoms with Crippen molar-refractivity contribution in [3.8, 4) is 0 Å². The molecule has 4 aliphatic carbocycles. The average molecular weight is 717 g/mol. The van der Waals surface area contributed by atoms with E-state index in [-0.39, 0.29) is 47.9 Å². The molecule has 0 amide bonds. The maximum atomic E-state index is 11.9. The van der Waals surface area contributed by atoms with Gasteiger partial charge in [0.05, 0.1) is 25.4 Å². The number of benzene rings is 1. The molecule has 5 rings (SSSR count). The van der Waals surface area contributed by atoms with Gasteiger partial charge in [-0.15, -0.1) is 0 Å². The highest BCUT2D eigenvalue weighted by atomic mass is 32.3. The molecule has 11 nitrogen and oxygen atoms in total. The molecule has 1 aromatic carbocycles. The molecule has 13 heteroatoms. The smallest absolute Gasteiger partial charge is 0.393 e. The van der Waals surface area contributed by atoms with Crippen molar-refractivity contribution in [1.29, 1.82) is 0 Å². The van der Waals surface area contributed by atoms with E-state index in [4.69, 9.17) is 18.2 Å². The van der Waals surface area contributed by atoms with Gasteiger partial charge in [0.25, 0.3) is 0 Å². The van der Waals surface area contributed by atoms with Gasteiger partial charge >= 0.3 is 20.8 Å². The molecule has 0 unspecified atom stereocenters. The van der Waals surface area contributed by atoms with Crippen LogP contribution in [0.2, 0.25) is 0 Å². The molecule has 0 radical (unpaired) electrons. The summed E-state index contributed by atoms with van der Waals surface area (Å²) in [5.41, 5.74) is 0.903. The third kappa shape index (κ3) is 8.65. The first-order valence-electron chi connectivity index (χ1n) is 17.7. The number of rotatable bonds is 15. The highest BCUT2D eigenvalue weighted by Gasteiger charge is 2.65. The highest BCUT2D eigenvalue weighted by molar-refractivity contribution is 7.81. The van der Waals surface area contributed by atoms with Crippen LogP contribution in [-0.2, 0) is 45.2 Å². The number of hydrogen-bond donors (Lipinski definition) is 3. The van der Waals surface area contributed by atoms with Crippen LogP contribution in [0.25, 0.3) is 0 Å². The van der Waals surface area contributed by atoms with Gasteiger partial charge in [0.2, 0.25) is 0 Å². The molecule has 0 saturated heterocycles. The molecule has 48 heavy (non-hydrogen) atoms. The summed E-state index contributed by atoms with van der Waals surface area (Å²) in [6.45, 7) is 9.23. The monoisotopic (exact) mass is 716 g/mol. The van der Waals surface area contributed by atoms with E-state index in [0.717, 1.165) is 56.9 Å². The van der Waals surface area contributed by atoms with Crippen LogP contribution in [0.3, 0.4) is 0 Å². The zero-order valence-corrected chi connectivity index (χ0v) is 30.4. The summed E-state index contributed by atoms with van der Waals surface area (Å²) in [5, 5.41) is 11.9. The van der Waals surface area contributed by atoms with Gasteiger partial charge in [0.1, 0.15) is 12.9 Å². The largest absolute Gasteiger partial charge is 0.397 e. The fourth-order valence-corrected chi connectivity index (χ4v) is 11.7. The molecule has 0 bridgehead atoms. The van der Waals surface area contributed by atoms with Crippen LogP contribution >= 0.6 is 0 Å². The van der Waals surface area contributed by atoms with E-state index in [1.54, 1.807) is 0 Å². The Kier molecular flexibility index (Phi) is 12.1. The quantitative estimate of drug-likeness (QED) is 0.107. The molecule has 274 valence electrons. The minimum Gasteiger partial charge on any atom is -0.393 e. The molecule has 12 atom stereocenters. The lowest BCUT2D eigenvalue weighted by Gasteiger charge is -2.63. The minimum absolute atomic E-state index is 0.0214. The van der Waals surface area contributed by atoms with Crippen LogP contribution in [0.4, 0.5) is 0 Å². The van der Waals surface area contributed by atoms with E-state index in [2.05, 4.69) is 25.0 Å². The van der Waals surface area contributed by atoms with E-state index in [0.29, 0.717) is 37.2 Å². The Hall–Kier alpha value is -1.16. The molecule has 3 N–H and O–H groups in total. The van der Waals surface area contributed by atoms with Crippen molar-refractivity contribution in [1.82, 2.24) is 0 Å². The summed E-state index contributed by atoms with van der Waals surface area (Å²) in [4.78, 5) is 0. The van der Waals surface area contributed by atoms with E-state index in [9.17, 15) is 26.5 Å². The Balaban J connectivity index is 1.25. The SMILES string of the molecule is C[C@H](CCC[C@@H](C)[C@H]1CC[C@H]2[C@@H]3[C@H](O)C[C@H]4[C@@H](OCOCc5ccccc5)[C@H](OS(=O)(=O)O)CC[C@]4(C)[C@H]3CC[C@]12C)COS(=O)(=O)O. The minimum atomic E-state index is -4.70. The van der Waals surface area contributed by atoms with Crippen LogP contribution < -0.4 is 0 Å². The summed E-state index contributed by atoms with van der Waals surface area (Å²) >= 11 is 0. The lowest BCUT2D eigenvalue weighted by atomic mass is 9.43. The number of fused-ring (bicyclic) bond motifs is 5. The number of aliphatic hydroxyl groups excluding tert-OH is 1. The maximum absolute atomic E-state index is 11.9.